The van der Waals surface area contributed by atoms with Gasteiger partial charge in [0.05, 0.1) is 25.0 Å². The predicted octanol–water partition coefficient (Wildman–Crippen LogP) is 7.87. The fraction of sp³-hybridized carbons (Fsp3) is 0.121. The van der Waals surface area contributed by atoms with Crippen LogP contribution >= 0.6 is 34.2 Å². The van der Waals surface area contributed by atoms with Crippen LogP contribution in [0, 0.1) is 3.57 Å². The number of rotatable bonds is 10. The molecule has 0 radical (unpaired) electrons. The van der Waals surface area contributed by atoms with Crippen molar-refractivity contribution in [3.63, 3.8) is 0 Å². The lowest BCUT2D eigenvalue weighted by molar-refractivity contribution is 0.0733. The molecule has 0 spiro atoms. The maximum Gasteiger partial charge on any atom is 0.343 e. The average molecular weight is 708 g/mol. The number of esters is 1. The van der Waals surface area contributed by atoms with E-state index >= 15 is 0 Å². The molecule has 0 bridgehead atoms. The molecule has 1 heterocycles. The van der Waals surface area contributed by atoms with Gasteiger partial charge in [0, 0.05) is 36.2 Å². The second kappa shape index (κ2) is 13.7. The number of ether oxygens (including phenoxy) is 3. The minimum absolute atomic E-state index is 0.272. The van der Waals surface area contributed by atoms with Crippen LogP contribution in [0.4, 0.5) is 0 Å². The lowest BCUT2D eigenvalue weighted by Crippen LogP contribution is -2.19. The molecule has 0 aliphatic heterocycles. The number of carbonyl (C=O) groups excluding carboxylic acids is 2. The number of para-hydroxylation sites is 1. The third kappa shape index (κ3) is 6.84. The van der Waals surface area contributed by atoms with Crippen LogP contribution in [0.2, 0.25) is 5.02 Å². The van der Waals surface area contributed by atoms with E-state index in [0.717, 1.165) is 20.0 Å². The third-order valence-corrected chi connectivity index (χ3v) is 7.40. The monoisotopic (exact) mass is 707 g/mol. The van der Waals surface area contributed by atoms with Crippen molar-refractivity contribution in [2.45, 2.75) is 13.8 Å². The number of fused-ring (bicyclic) bond motifs is 1. The number of nitrogens with one attached hydrogen (secondary N) is 2. The van der Waals surface area contributed by atoms with Gasteiger partial charge in [0.2, 0.25) is 0 Å². The minimum Gasteiger partial charge on any atom is -0.490 e. The molecule has 1 aromatic heterocycles. The summed E-state index contributed by atoms with van der Waals surface area (Å²) in [5.41, 5.74) is 5.90. The summed E-state index contributed by atoms with van der Waals surface area (Å²) >= 11 is 8.77. The van der Waals surface area contributed by atoms with Gasteiger partial charge in [0.15, 0.2) is 11.5 Å². The van der Waals surface area contributed by atoms with Gasteiger partial charge in [0.25, 0.3) is 5.91 Å². The molecule has 2 N–H and O–H groups in total. The predicted molar refractivity (Wildman–Crippen MR) is 177 cm³/mol. The molecule has 0 atom stereocenters. The number of H-pyrrole nitrogens is 1. The van der Waals surface area contributed by atoms with Gasteiger partial charge >= 0.3 is 5.97 Å². The first kappa shape index (κ1) is 30.1. The van der Waals surface area contributed by atoms with Gasteiger partial charge in [-0.1, -0.05) is 41.9 Å². The van der Waals surface area contributed by atoms with E-state index in [2.05, 4.69) is 38.1 Å². The molecule has 10 heteroatoms. The van der Waals surface area contributed by atoms with Gasteiger partial charge in [0.1, 0.15) is 11.4 Å². The second-order valence-electron chi connectivity index (χ2n) is 9.20. The van der Waals surface area contributed by atoms with Crippen molar-refractivity contribution < 1.29 is 23.8 Å². The number of hydrogen-bond acceptors (Lipinski definition) is 6. The fourth-order valence-electron chi connectivity index (χ4n) is 4.51. The van der Waals surface area contributed by atoms with E-state index in [1.165, 1.54) is 6.21 Å². The zero-order valence-electron chi connectivity index (χ0n) is 23.3. The highest BCUT2D eigenvalue weighted by atomic mass is 127. The molecule has 8 nitrogen and oxygen atoms in total. The Morgan fingerprint density at radius 1 is 0.907 bits per heavy atom. The van der Waals surface area contributed by atoms with Gasteiger partial charge in [-0.05, 0) is 91.0 Å². The second-order valence-corrected chi connectivity index (χ2v) is 10.9. The van der Waals surface area contributed by atoms with Crippen molar-refractivity contribution in [2.24, 2.45) is 5.10 Å². The quantitative estimate of drug-likeness (QED) is 0.0506. The molecule has 43 heavy (non-hydrogen) atoms. The molecule has 0 aliphatic rings. The molecular weight excluding hydrogens is 681 g/mol. The van der Waals surface area contributed by atoms with Crippen molar-refractivity contribution in [1.29, 1.82) is 0 Å². The number of carbonyl (C=O) groups is 2. The normalized spacial score (nSPS) is 11.1. The number of aromatic nitrogens is 1. The lowest BCUT2D eigenvalue weighted by Gasteiger charge is -2.12. The zero-order valence-corrected chi connectivity index (χ0v) is 26.2. The summed E-state index contributed by atoms with van der Waals surface area (Å²) in [6, 6.07) is 25.0. The number of amides is 1. The van der Waals surface area contributed by atoms with Gasteiger partial charge in [-0.15, -0.1) is 0 Å². The van der Waals surface area contributed by atoms with Crippen LogP contribution in [-0.2, 0) is 0 Å². The molecule has 0 aliphatic carbocycles. The summed E-state index contributed by atoms with van der Waals surface area (Å²) in [6.45, 7) is 4.61. The summed E-state index contributed by atoms with van der Waals surface area (Å²) in [5.74, 6) is 0.246. The molecule has 5 aromatic rings. The summed E-state index contributed by atoms with van der Waals surface area (Å²) in [5, 5.41) is 5.56. The molecule has 4 aromatic carbocycles. The van der Waals surface area contributed by atoms with Crippen LogP contribution in [-0.4, -0.2) is 36.3 Å². The van der Waals surface area contributed by atoms with Crippen LogP contribution in [0.1, 0.15) is 40.3 Å². The van der Waals surface area contributed by atoms with E-state index in [4.69, 9.17) is 25.8 Å². The van der Waals surface area contributed by atoms with Crippen LogP contribution in [0.25, 0.3) is 22.0 Å². The van der Waals surface area contributed by atoms with Crippen molar-refractivity contribution in [1.82, 2.24) is 10.4 Å². The number of hydrazone groups is 1. The Bertz CT molecular complexity index is 1840. The Morgan fingerprint density at radius 2 is 1.65 bits per heavy atom. The number of nitrogens with zero attached hydrogens (tertiary/aromatic N) is 1. The Kier molecular flexibility index (Phi) is 9.63. The summed E-state index contributed by atoms with van der Waals surface area (Å²) in [6.07, 6.45) is 1.42. The minimum atomic E-state index is -0.578. The highest BCUT2D eigenvalue weighted by Gasteiger charge is 2.21. The van der Waals surface area contributed by atoms with Crippen molar-refractivity contribution in [3.05, 3.63) is 110 Å². The van der Waals surface area contributed by atoms with Crippen molar-refractivity contribution in [2.75, 3.05) is 13.2 Å². The maximum absolute atomic E-state index is 13.4. The maximum atomic E-state index is 13.4. The zero-order chi connectivity index (χ0) is 30.3. The summed E-state index contributed by atoms with van der Waals surface area (Å²) < 4.78 is 17.9. The van der Waals surface area contributed by atoms with E-state index in [1.807, 2.05) is 50.2 Å². The number of hydrogen-bond donors (Lipinski definition) is 2. The van der Waals surface area contributed by atoms with Gasteiger partial charge in [-0.2, -0.15) is 5.10 Å². The molecule has 0 unspecified atom stereocenters. The van der Waals surface area contributed by atoms with Crippen LogP contribution in [0.3, 0.4) is 0 Å². The molecule has 0 saturated heterocycles. The molecule has 0 fully saturated rings. The Balaban J connectivity index is 1.37. The van der Waals surface area contributed by atoms with E-state index in [-0.39, 0.29) is 5.75 Å². The Morgan fingerprint density at radius 3 is 2.44 bits per heavy atom. The highest BCUT2D eigenvalue weighted by molar-refractivity contribution is 14.1. The van der Waals surface area contributed by atoms with Gasteiger partial charge < -0.3 is 19.2 Å². The molecule has 218 valence electrons. The number of aromatic amines is 1. The van der Waals surface area contributed by atoms with Gasteiger partial charge in [-0.3, -0.25) is 4.79 Å². The van der Waals surface area contributed by atoms with Crippen LogP contribution < -0.4 is 19.6 Å². The van der Waals surface area contributed by atoms with Crippen LogP contribution in [0.5, 0.6) is 17.2 Å². The number of benzene rings is 4. The Hall–Kier alpha value is -4.35. The fourth-order valence-corrected chi connectivity index (χ4v) is 5.23. The van der Waals surface area contributed by atoms with Crippen molar-refractivity contribution in [3.8, 4) is 28.4 Å². The topological polar surface area (TPSA) is 102 Å². The standard InChI is InChI=1S/C33H27ClIN3O5/c1-3-41-28-16-13-20(17-29(28)42-4-2)33(40)43-27-12-8-5-9-21(27)19-36-38-32(39)31-30(23-10-6-7-11-25(23)34)24-18-22(35)14-15-26(24)37-31/h5-19,37H,3-4H2,1-2H3,(H,38,39). The smallest absolute Gasteiger partial charge is 0.343 e. The van der Waals surface area contributed by atoms with Crippen LogP contribution in [0.15, 0.2) is 90.0 Å². The Labute approximate surface area is 267 Å². The largest absolute Gasteiger partial charge is 0.490 e. The van der Waals surface area contributed by atoms with E-state index in [1.54, 1.807) is 48.5 Å². The molecule has 1 amide bonds. The molecule has 0 saturated carbocycles. The summed E-state index contributed by atoms with van der Waals surface area (Å²) in [4.78, 5) is 29.6. The van der Waals surface area contributed by atoms with E-state index < -0.39 is 11.9 Å². The average Bonchev–Trinajstić information content (AvgIpc) is 3.38. The first-order chi connectivity index (χ1) is 20.9. The van der Waals surface area contributed by atoms with Crippen molar-refractivity contribution >= 4 is 63.2 Å². The van der Waals surface area contributed by atoms with E-state index in [9.17, 15) is 9.59 Å². The SMILES string of the molecule is CCOc1ccc(C(=O)Oc2ccccc2C=NNC(=O)c2[nH]c3ccc(I)cc3c2-c2ccccc2Cl)cc1OCC. The van der Waals surface area contributed by atoms with E-state index in [0.29, 0.717) is 52.1 Å². The number of halogens is 2. The lowest BCUT2D eigenvalue weighted by atomic mass is 10.0. The molecule has 5 rings (SSSR count). The first-order valence-corrected chi connectivity index (χ1v) is 15.0. The molecular formula is C33H27ClIN3O5. The van der Waals surface area contributed by atoms with Gasteiger partial charge in [-0.25, -0.2) is 10.2 Å². The first-order valence-electron chi connectivity index (χ1n) is 13.5. The summed E-state index contributed by atoms with van der Waals surface area (Å²) in [7, 11) is 0. The highest BCUT2D eigenvalue weighted by Crippen LogP contribution is 2.37. The third-order valence-electron chi connectivity index (χ3n) is 6.40.